The lowest BCUT2D eigenvalue weighted by Gasteiger charge is -2.09. The molecule has 0 spiro atoms. The van der Waals surface area contributed by atoms with Gasteiger partial charge in [0.05, 0.1) is 10.9 Å². The van der Waals surface area contributed by atoms with E-state index < -0.39 is 0 Å². The number of nitrogens with zero attached hydrogens (tertiary/aromatic N) is 1. The maximum Gasteiger partial charge on any atom is 0.262 e. The summed E-state index contributed by atoms with van der Waals surface area (Å²) < 4.78 is 1.70. The van der Waals surface area contributed by atoms with E-state index >= 15 is 0 Å². The molecule has 0 radical (unpaired) electrons. The van der Waals surface area contributed by atoms with Crippen molar-refractivity contribution in [3.05, 3.63) is 69.2 Å². The predicted octanol–water partition coefficient (Wildman–Crippen LogP) is 2.72. The lowest BCUT2D eigenvalue weighted by atomic mass is 10.2. The molecule has 2 aromatic carbocycles. The lowest BCUT2D eigenvalue weighted by molar-refractivity contribution is -0.121. The number of hydrogen-bond acceptors (Lipinski definition) is 4. The van der Waals surface area contributed by atoms with Crippen LogP contribution in [0.15, 0.2) is 53.3 Å². The van der Waals surface area contributed by atoms with Crippen LogP contribution in [0, 0.1) is 4.77 Å². The molecule has 2 amide bonds. The second kappa shape index (κ2) is 8.62. The molecule has 0 bridgehead atoms. The van der Waals surface area contributed by atoms with Crippen LogP contribution in [-0.4, -0.2) is 21.4 Å². The van der Waals surface area contributed by atoms with Crippen LogP contribution < -0.4 is 16.2 Å². The number of carbonyl (C=O) groups excluding carboxylic acids is 2. The molecule has 1 heterocycles. The summed E-state index contributed by atoms with van der Waals surface area (Å²) >= 11 is 5.25. The van der Waals surface area contributed by atoms with Crippen LogP contribution in [0.5, 0.6) is 0 Å². The molecule has 8 heteroatoms. The number of aromatic amines is 1. The number of aromatic nitrogens is 2. The topological polar surface area (TPSA) is 96.0 Å². The molecule has 3 N–H and O–H groups in total. The maximum absolute atomic E-state index is 12.6. The second-order valence-electron chi connectivity index (χ2n) is 6.34. The fourth-order valence-corrected chi connectivity index (χ4v) is 3.10. The van der Waals surface area contributed by atoms with Crippen LogP contribution in [0.25, 0.3) is 10.9 Å². The van der Waals surface area contributed by atoms with E-state index in [-0.39, 0.29) is 30.3 Å². The highest BCUT2D eigenvalue weighted by atomic mass is 32.1. The van der Waals surface area contributed by atoms with Crippen molar-refractivity contribution in [1.29, 1.82) is 0 Å². The number of para-hydroxylation sites is 1. The Hall–Kier alpha value is -3.26. The fourth-order valence-electron chi connectivity index (χ4n) is 2.81. The molecule has 28 heavy (non-hydrogen) atoms. The van der Waals surface area contributed by atoms with E-state index in [1.54, 1.807) is 30.3 Å². The predicted molar refractivity (Wildman–Crippen MR) is 111 cm³/mol. The van der Waals surface area contributed by atoms with Gasteiger partial charge in [-0.2, -0.15) is 0 Å². The average Bonchev–Trinajstić information content (AvgIpc) is 2.67. The highest BCUT2D eigenvalue weighted by Gasteiger charge is 2.08. The van der Waals surface area contributed by atoms with Gasteiger partial charge in [-0.15, -0.1) is 0 Å². The highest BCUT2D eigenvalue weighted by Crippen LogP contribution is 2.09. The van der Waals surface area contributed by atoms with Crippen molar-refractivity contribution >= 4 is 40.6 Å². The molecule has 0 saturated carbocycles. The number of hydrogen-bond donors (Lipinski definition) is 3. The van der Waals surface area contributed by atoms with Crippen molar-refractivity contribution in [1.82, 2.24) is 14.9 Å². The van der Waals surface area contributed by atoms with Crippen LogP contribution in [0.3, 0.4) is 0 Å². The first-order valence-electron chi connectivity index (χ1n) is 8.79. The summed E-state index contributed by atoms with van der Waals surface area (Å²) in [7, 11) is 0. The number of fused-ring (bicyclic) bond motifs is 1. The molecule has 0 atom stereocenters. The van der Waals surface area contributed by atoms with Gasteiger partial charge >= 0.3 is 0 Å². The minimum atomic E-state index is -0.208. The Labute approximate surface area is 166 Å². The van der Waals surface area contributed by atoms with Crippen LogP contribution in [-0.2, 0) is 22.7 Å². The number of amides is 2. The van der Waals surface area contributed by atoms with Crippen molar-refractivity contribution in [2.75, 3.05) is 5.32 Å². The number of anilines is 1. The Morgan fingerprint density at radius 1 is 1.11 bits per heavy atom. The molecule has 0 aliphatic rings. The zero-order valence-electron chi connectivity index (χ0n) is 15.3. The van der Waals surface area contributed by atoms with Gasteiger partial charge in [-0.1, -0.05) is 24.3 Å². The first-order valence-corrected chi connectivity index (χ1v) is 9.20. The van der Waals surface area contributed by atoms with Crippen molar-refractivity contribution < 1.29 is 9.59 Å². The largest absolute Gasteiger partial charge is 0.352 e. The first-order chi connectivity index (χ1) is 13.4. The van der Waals surface area contributed by atoms with Crippen molar-refractivity contribution in [3.63, 3.8) is 0 Å². The summed E-state index contributed by atoms with van der Waals surface area (Å²) in [6, 6.07) is 14.3. The van der Waals surface area contributed by atoms with Gasteiger partial charge in [-0.25, -0.2) is 0 Å². The third-order valence-electron chi connectivity index (χ3n) is 4.22. The van der Waals surface area contributed by atoms with E-state index in [1.165, 1.54) is 11.5 Å². The number of carbonyl (C=O) groups is 2. The molecule has 0 aliphatic heterocycles. The van der Waals surface area contributed by atoms with Gasteiger partial charge in [-0.3, -0.25) is 19.0 Å². The zero-order chi connectivity index (χ0) is 20.1. The summed E-state index contributed by atoms with van der Waals surface area (Å²) in [4.78, 5) is 38.8. The Bertz CT molecular complexity index is 1130. The quantitative estimate of drug-likeness (QED) is 0.558. The van der Waals surface area contributed by atoms with E-state index in [1.807, 2.05) is 18.2 Å². The van der Waals surface area contributed by atoms with Crippen molar-refractivity contribution in [2.45, 2.75) is 26.4 Å². The summed E-state index contributed by atoms with van der Waals surface area (Å²) in [6.07, 6.45) is 0.139. The fraction of sp³-hybridized carbons (Fsp3) is 0.200. The molecular weight excluding hydrogens is 376 g/mol. The minimum Gasteiger partial charge on any atom is -0.352 e. The maximum atomic E-state index is 12.6. The zero-order valence-corrected chi connectivity index (χ0v) is 16.1. The third kappa shape index (κ3) is 4.72. The minimum absolute atomic E-state index is 0.136. The Morgan fingerprint density at radius 3 is 2.54 bits per heavy atom. The molecule has 0 fully saturated rings. The summed E-state index contributed by atoms with van der Waals surface area (Å²) in [6.45, 7) is 2.01. The first kappa shape index (κ1) is 19.5. The number of benzene rings is 2. The Morgan fingerprint density at radius 2 is 1.82 bits per heavy atom. The van der Waals surface area contributed by atoms with Gasteiger partial charge < -0.3 is 15.6 Å². The molecular formula is C20H20N4O3S. The molecule has 144 valence electrons. The smallest absolute Gasteiger partial charge is 0.262 e. The van der Waals surface area contributed by atoms with Crippen LogP contribution in [0.2, 0.25) is 0 Å². The summed E-state index contributed by atoms with van der Waals surface area (Å²) in [5, 5.41) is 6.04. The van der Waals surface area contributed by atoms with Gasteiger partial charge in [-0.05, 0) is 42.0 Å². The summed E-state index contributed by atoms with van der Waals surface area (Å²) in [5.41, 5.74) is 2.08. The van der Waals surface area contributed by atoms with Crippen LogP contribution in [0.4, 0.5) is 5.69 Å². The third-order valence-corrected chi connectivity index (χ3v) is 4.54. The van der Waals surface area contributed by atoms with E-state index in [4.69, 9.17) is 12.2 Å². The van der Waals surface area contributed by atoms with Gasteiger partial charge in [0.25, 0.3) is 5.56 Å². The normalized spacial score (nSPS) is 10.6. The van der Waals surface area contributed by atoms with E-state index in [2.05, 4.69) is 15.6 Å². The standard InChI is InChI=1S/C20H20N4O3S/c1-13(25)22-15-8-6-14(7-9-15)12-21-18(26)10-11-24-19(27)16-4-2-3-5-17(16)23-20(24)28/h2-9H,10-12H2,1H3,(H,21,26)(H,22,25)(H,23,28). The Balaban J connectivity index is 1.59. The average molecular weight is 396 g/mol. The molecule has 0 aliphatic carbocycles. The van der Waals surface area contributed by atoms with Crippen molar-refractivity contribution in [2.24, 2.45) is 0 Å². The van der Waals surface area contributed by atoms with Crippen LogP contribution in [0.1, 0.15) is 18.9 Å². The SMILES string of the molecule is CC(=O)Nc1ccc(CNC(=O)CCn2c(=S)[nH]c3ccccc3c2=O)cc1. The van der Waals surface area contributed by atoms with Gasteiger partial charge in [0.2, 0.25) is 11.8 Å². The van der Waals surface area contributed by atoms with Gasteiger partial charge in [0.15, 0.2) is 4.77 Å². The van der Waals surface area contributed by atoms with E-state index in [0.29, 0.717) is 27.9 Å². The number of nitrogens with one attached hydrogen (secondary N) is 3. The molecule has 0 saturated heterocycles. The highest BCUT2D eigenvalue weighted by molar-refractivity contribution is 7.71. The second-order valence-corrected chi connectivity index (χ2v) is 6.72. The lowest BCUT2D eigenvalue weighted by Crippen LogP contribution is -2.28. The molecule has 1 aromatic heterocycles. The number of H-pyrrole nitrogens is 1. The van der Waals surface area contributed by atoms with Gasteiger partial charge in [0.1, 0.15) is 0 Å². The van der Waals surface area contributed by atoms with Gasteiger partial charge in [0, 0.05) is 32.1 Å². The van der Waals surface area contributed by atoms with E-state index in [0.717, 1.165) is 5.56 Å². The summed E-state index contributed by atoms with van der Waals surface area (Å²) in [5.74, 6) is -0.316. The molecule has 3 rings (SSSR count). The molecule has 7 nitrogen and oxygen atoms in total. The number of rotatable bonds is 6. The molecule has 0 unspecified atom stereocenters. The van der Waals surface area contributed by atoms with Crippen LogP contribution >= 0.6 is 12.2 Å². The van der Waals surface area contributed by atoms with E-state index in [9.17, 15) is 14.4 Å². The van der Waals surface area contributed by atoms with Crippen molar-refractivity contribution in [3.8, 4) is 0 Å². The Kier molecular flexibility index (Phi) is 6.00. The monoisotopic (exact) mass is 396 g/mol. The molecule has 3 aromatic rings.